The molecule has 3 rings (SSSR count). The quantitative estimate of drug-likeness (QED) is 0.396. The highest BCUT2D eigenvalue weighted by Gasteiger charge is 2.16. The molecular formula is C15H11N3O5S. The molecule has 0 aliphatic heterocycles. The van der Waals surface area contributed by atoms with E-state index in [4.69, 9.17) is 9.26 Å². The van der Waals surface area contributed by atoms with Gasteiger partial charge >= 0.3 is 5.97 Å². The van der Waals surface area contributed by atoms with Crippen LogP contribution in [-0.4, -0.2) is 21.0 Å². The highest BCUT2D eigenvalue weighted by Crippen LogP contribution is 2.23. The van der Waals surface area contributed by atoms with Gasteiger partial charge in [-0.05, 0) is 30.5 Å². The van der Waals surface area contributed by atoms with Crippen molar-refractivity contribution >= 4 is 23.0 Å². The molecule has 0 radical (unpaired) electrons. The van der Waals surface area contributed by atoms with Gasteiger partial charge in [-0.3, -0.25) is 10.1 Å². The minimum absolute atomic E-state index is 0.0506. The van der Waals surface area contributed by atoms with Crippen molar-refractivity contribution in [2.45, 2.75) is 13.5 Å². The molecule has 1 aromatic carbocycles. The molecule has 8 nitrogen and oxygen atoms in total. The summed E-state index contributed by atoms with van der Waals surface area (Å²) in [7, 11) is 0. The fourth-order valence-electron chi connectivity index (χ4n) is 2.01. The van der Waals surface area contributed by atoms with E-state index in [1.165, 1.54) is 29.5 Å². The Labute approximate surface area is 139 Å². The Balaban J connectivity index is 1.65. The standard InChI is InChI=1S/C15H11N3O5S/c1-9-7-10(4-5-11(9)18(20)21)15(19)22-8-13-16-14(23-17-13)12-3-2-6-24-12/h2-7H,8H2,1H3. The lowest BCUT2D eigenvalue weighted by Crippen LogP contribution is -2.07. The third-order valence-electron chi connectivity index (χ3n) is 3.16. The van der Waals surface area contributed by atoms with E-state index in [-0.39, 0.29) is 23.7 Å². The number of aryl methyl sites for hydroxylation is 1. The maximum Gasteiger partial charge on any atom is 0.338 e. The number of nitro benzene ring substituents is 1. The summed E-state index contributed by atoms with van der Waals surface area (Å²) >= 11 is 1.46. The molecule has 2 heterocycles. The fraction of sp³-hybridized carbons (Fsp3) is 0.133. The molecule has 3 aromatic rings. The predicted octanol–water partition coefficient (Wildman–Crippen LogP) is 3.37. The molecule has 0 saturated heterocycles. The van der Waals surface area contributed by atoms with Crippen molar-refractivity contribution in [1.82, 2.24) is 10.1 Å². The largest absolute Gasteiger partial charge is 0.454 e. The van der Waals surface area contributed by atoms with E-state index in [2.05, 4.69) is 10.1 Å². The van der Waals surface area contributed by atoms with E-state index in [0.717, 1.165) is 4.88 Å². The second-order valence-corrected chi connectivity index (χ2v) is 5.78. The number of hydrogen-bond donors (Lipinski definition) is 0. The Bertz CT molecular complexity index is 888. The summed E-state index contributed by atoms with van der Waals surface area (Å²) in [5.74, 6) is -0.0110. The van der Waals surface area contributed by atoms with Crippen LogP contribution in [0.25, 0.3) is 10.8 Å². The maximum atomic E-state index is 12.0. The number of ether oxygens (including phenoxy) is 1. The zero-order chi connectivity index (χ0) is 17.1. The highest BCUT2D eigenvalue weighted by atomic mass is 32.1. The Kier molecular flexibility index (Phi) is 4.34. The number of aromatic nitrogens is 2. The third-order valence-corrected chi connectivity index (χ3v) is 4.02. The van der Waals surface area contributed by atoms with E-state index < -0.39 is 10.9 Å². The van der Waals surface area contributed by atoms with Crippen LogP contribution in [0.1, 0.15) is 21.7 Å². The van der Waals surface area contributed by atoms with Crippen LogP contribution in [0, 0.1) is 17.0 Å². The van der Waals surface area contributed by atoms with Crippen LogP contribution in [0.4, 0.5) is 5.69 Å². The van der Waals surface area contributed by atoms with Crippen molar-refractivity contribution < 1.29 is 19.0 Å². The van der Waals surface area contributed by atoms with Gasteiger partial charge in [0.2, 0.25) is 5.82 Å². The van der Waals surface area contributed by atoms with Gasteiger partial charge in [-0.2, -0.15) is 4.98 Å². The van der Waals surface area contributed by atoms with Gasteiger partial charge in [-0.1, -0.05) is 11.2 Å². The van der Waals surface area contributed by atoms with E-state index in [1.807, 2.05) is 17.5 Å². The lowest BCUT2D eigenvalue weighted by Gasteiger charge is -2.03. The molecule has 122 valence electrons. The topological polar surface area (TPSA) is 108 Å². The van der Waals surface area contributed by atoms with E-state index in [9.17, 15) is 14.9 Å². The molecule has 0 atom stereocenters. The van der Waals surface area contributed by atoms with Gasteiger partial charge in [0, 0.05) is 11.6 Å². The molecule has 0 fully saturated rings. The molecule has 0 N–H and O–H groups in total. The molecule has 0 aliphatic carbocycles. The molecular weight excluding hydrogens is 334 g/mol. The summed E-state index contributed by atoms with van der Waals surface area (Å²) in [6.45, 7) is 1.41. The molecule has 0 saturated carbocycles. The van der Waals surface area contributed by atoms with Gasteiger partial charge in [0.05, 0.1) is 15.4 Å². The number of nitrogens with zero attached hydrogens (tertiary/aromatic N) is 3. The first kappa shape index (κ1) is 15.8. The van der Waals surface area contributed by atoms with Crippen LogP contribution in [0.3, 0.4) is 0 Å². The van der Waals surface area contributed by atoms with Gasteiger partial charge < -0.3 is 9.26 Å². The normalized spacial score (nSPS) is 10.5. The van der Waals surface area contributed by atoms with Crippen molar-refractivity contribution in [3.63, 3.8) is 0 Å². The molecule has 2 aromatic heterocycles. The van der Waals surface area contributed by atoms with Gasteiger partial charge in [0.15, 0.2) is 6.61 Å². The zero-order valence-electron chi connectivity index (χ0n) is 12.5. The molecule has 0 spiro atoms. The summed E-state index contributed by atoms with van der Waals surface area (Å²) in [4.78, 5) is 27.2. The minimum atomic E-state index is -0.615. The first-order valence-corrected chi connectivity index (χ1v) is 7.71. The van der Waals surface area contributed by atoms with Crippen LogP contribution in [0.5, 0.6) is 0 Å². The summed E-state index contributed by atoms with van der Waals surface area (Å²) in [5, 5.41) is 16.4. The Hall–Kier alpha value is -3.07. The number of esters is 1. The second kappa shape index (κ2) is 6.59. The van der Waals surface area contributed by atoms with Gasteiger partial charge in [-0.15, -0.1) is 11.3 Å². The number of nitro groups is 1. The predicted molar refractivity (Wildman–Crippen MR) is 84.6 cm³/mol. The lowest BCUT2D eigenvalue weighted by atomic mass is 10.1. The van der Waals surface area contributed by atoms with Crippen LogP contribution in [-0.2, 0) is 11.3 Å². The molecule has 0 amide bonds. The number of thiophene rings is 1. The van der Waals surface area contributed by atoms with Crippen molar-refractivity contribution in [2.75, 3.05) is 0 Å². The average molecular weight is 345 g/mol. The Morgan fingerprint density at radius 1 is 1.42 bits per heavy atom. The number of carbonyl (C=O) groups excluding carboxylic acids is 1. The number of benzene rings is 1. The summed E-state index contributed by atoms with van der Waals surface area (Å²) < 4.78 is 10.2. The van der Waals surface area contributed by atoms with Crippen LogP contribution >= 0.6 is 11.3 Å². The summed E-state index contributed by atoms with van der Waals surface area (Å²) in [5.41, 5.74) is 0.555. The first-order valence-electron chi connectivity index (χ1n) is 6.83. The number of rotatable bonds is 5. The Morgan fingerprint density at radius 2 is 2.25 bits per heavy atom. The van der Waals surface area contributed by atoms with E-state index in [0.29, 0.717) is 11.5 Å². The number of carbonyl (C=O) groups is 1. The van der Waals surface area contributed by atoms with Gasteiger partial charge in [-0.25, -0.2) is 4.79 Å². The zero-order valence-corrected chi connectivity index (χ0v) is 13.3. The second-order valence-electron chi connectivity index (χ2n) is 4.83. The van der Waals surface area contributed by atoms with Gasteiger partial charge in [0.25, 0.3) is 11.6 Å². The lowest BCUT2D eigenvalue weighted by molar-refractivity contribution is -0.385. The van der Waals surface area contributed by atoms with Crippen LogP contribution < -0.4 is 0 Å². The van der Waals surface area contributed by atoms with Crippen molar-refractivity contribution in [1.29, 1.82) is 0 Å². The van der Waals surface area contributed by atoms with E-state index in [1.54, 1.807) is 6.92 Å². The first-order chi connectivity index (χ1) is 11.5. The molecule has 9 heteroatoms. The molecule has 0 unspecified atom stereocenters. The minimum Gasteiger partial charge on any atom is -0.454 e. The van der Waals surface area contributed by atoms with Crippen molar-refractivity contribution in [3.05, 3.63) is 62.8 Å². The highest BCUT2D eigenvalue weighted by molar-refractivity contribution is 7.13. The maximum absolute atomic E-state index is 12.0. The SMILES string of the molecule is Cc1cc(C(=O)OCc2noc(-c3cccs3)n2)ccc1[N+](=O)[O-]. The molecule has 0 aliphatic rings. The Morgan fingerprint density at radius 3 is 2.92 bits per heavy atom. The summed E-state index contributed by atoms with van der Waals surface area (Å²) in [6, 6.07) is 7.73. The number of hydrogen-bond acceptors (Lipinski definition) is 8. The fourth-order valence-corrected chi connectivity index (χ4v) is 2.66. The van der Waals surface area contributed by atoms with Crippen molar-refractivity contribution in [2.24, 2.45) is 0 Å². The summed E-state index contributed by atoms with van der Waals surface area (Å²) in [6.07, 6.45) is 0. The molecule has 0 bridgehead atoms. The third kappa shape index (κ3) is 3.30. The monoisotopic (exact) mass is 345 g/mol. The average Bonchev–Trinajstić information content (AvgIpc) is 3.23. The molecule has 24 heavy (non-hydrogen) atoms. The van der Waals surface area contributed by atoms with Gasteiger partial charge in [0.1, 0.15) is 0 Å². The van der Waals surface area contributed by atoms with Crippen molar-refractivity contribution in [3.8, 4) is 10.8 Å². The van der Waals surface area contributed by atoms with Crippen LogP contribution in [0.15, 0.2) is 40.2 Å². The van der Waals surface area contributed by atoms with E-state index >= 15 is 0 Å². The van der Waals surface area contributed by atoms with Crippen LogP contribution in [0.2, 0.25) is 0 Å². The smallest absolute Gasteiger partial charge is 0.338 e.